The highest BCUT2D eigenvalue weighted by molar-refractivity contribution is 6.00. The van der Waals surface area contributed by atoms with Gasteiger partial charge in [0.05, 0.1) is 6.54 Å². The van der Waals surface area contributed by atoms with Crippen LogP contribution in [0.3, 0.4) is 0 Å². The second-order valence-corrected chi connectivity index (χ2v) is 5.23. The molecule has 1 aromatic heterocycles. The summed E-state index contributed by atoms with van der Waals surface area (Å²) in [6.45, 7) is -0.0270. The van der Waals surface area contributed by atoms with Crippen molar-refractivity contribution < 1.29 is 9.59 Å². The van der Waals surface area contributed by atoms with E-state index in [4.69, 9.17) is 0 Å². The van der Waals surface area contributed by atoms with E-state index in [0.29, 0.717) is 11.4 Å². The van der Waals surface area contributed by atoms with Crippen LogP contribution in [-0.4, -0.2) is 29.4 Å². The monoisotopic (exact) mass is 295 g/mol. The van der Waals surface area contributed by atoms with Crippen LogP contribution < -0.4 is 10.2 Å². The van der Waals surface area contributed by atoms with E-state index in [1.807, 2.05) is 24.3 Å². The Morgan fingerprint density at radius 2 is 1.82 bits per heavy atom. The minimum absolute atomic E-state index is 0.0270. The minimum atomic E-state index is -0.245. The first-order chi connectivity index (χ1) is 10.8. The lowest BCUT2D eigenvalue weighted by Crippen LogP contribution is -2.42. The van der Waals surface area contributed by atoms with Gasteiger partial charge in [-0.05, 0) is 37.1 Å². The van der Waals surface area contributed by atoms with Crippen molar-refractivity contribution in [3.05, 3.63) is 60.3 Å². The van der Waals surface area contributed by atoms with Gasteiger partial charge in [0.2, 0.25) is 5.91 Å². The third kappa shape index (κ3) is 3.31. The average molecular weight is 295 g/mol. The summed E-state index contributed by atoms with van der Waals surface area (Å²) >= 11 is 0. The van der Waals surface area contributed by atoms with Crippen LogP contribution in [0, 0.1) is 0 Å². The second-order valence-electron chi connectivity index (χ2n) is 5.23. The molecule has 1 aromatic carbocycles. The van der Waals surface area contributed by atoms with Gasteiger partial charge in [0.1, 0.15) is 5.82 Å². The Balaban J connectivity index is 1.64. The molecule has 0 aliphatic heterocycles. The van der Waals surface area contributed by atoms with Gasteiger partial charge in [-0.15, -0.1) is 0 Å². The molecule has 0 atom stereocenters. The second kappa shape index (κ2) is 6.39. The smallest absolute Gasteiger partial charge is 0.251 e. The molecule has 0 spiro atoms. The molecule has 0 unspecified atom stereocenters. The molecule has 1 fully saturated rings. The molecule has 1 N–H and O–H groups in total. The van der Waals surface area contributed by atoms with Crippen molar-refractivity contribution in [2.24, 2.45) is 0 Å². The molecular weight excluding hydrogens is 278 g/mol. The van der Waals surface area contributed by atoms with Gasteiger partial charge in [0.15, 0.2) is 0 Å². The fourth-order valence-electron chi connectivity index (χ4n) is 2.28. The third-order valence-corrected chi connectivity index (χ3v) is 3.51. The van der Waals surface area contributed by atoms with E-state index in [9.17, 15) is 9.59 Å². The Labute approximate surface area is 129 Å². The van der Waals surface area contributed by atoms with Crippen LogP contribution in [0.25, 0.3) is 0 Å². The number of carbonyl (C=O) groups is 2. The van der Waals surface area contributed by atoms with Crippen molar-refractivity contribution in [1.29, 1.82) is 0 Å². The van der Waals surface area contributed by atoms with Crippen LogP contribution in [0.5, 0.6) is 0 Å². The molecule has 22 heavy (non-hydrogen) atoms. The summed E-state index contributed by atoms with van der Waals surface area (Å²) in [5, 5.41) is 2.67. The summed E-state index contributed by atoms with van der Waals surface area (Å²) < 4.78 is 0. The quantitative estimate of drug-likeness (QED) is 0.917. The molecule has 0 saturated heterocycles. The maximum atomic E-state index is 12.4. The highest BCUT2D eigenvalue weighted by atomic mass is 16.2. The molecule has 2 aromatic rings. The summed E-state index contributed by atoms with van der Waals surface area (Å²) in [6.07, 6.45) is 3.63. The van der Waals surface area contributed by atoms with E-state index >= 15 is 0 Å². The predicted molar refractivity (Wildman–Crippen MR) is 83.5 cm³/mol. The van der Waals surface area contributed by atoms with Gasteiger partial charge in [-0.2, -0.15) is 0 Å². The number of amides is 2. The van der Waals surface area contributed by atoms with Gasteiger partial charge >= 0.3 is 0 Å². The lowest BCUT2D eigenvalue weighted by atomic mass is 10.2. The Morgan fingerprint density at radius 1 is 1.09 bits per heavy atom. The summed E-state index contributed by atoms with van der Waals surface area (Å²) in [6, 6.07) is 14.6. The van der Waals surface area contributed by atoms with Crippen molar-refractivity contribution in [3.63, 3.8) is 0 Å². The Hall–Kier alpha value is -2.69. The van der Waals surface area contributed by atoms with Crippen LogP contribution in [-0.2, 0) is 4.79 Å². The first-order valence-corrected chi connectivity index (χ1v) is 7.32. The van der Waals surface area contributed by atoms with E-state index in [-0.39, 0.29) is 24.4 Å². The number of anilines is 1. The zero-order valence-corrected chi connectivity index (χ0v) is 12.1. The van der Waals surface area contributed by atoms with E-state index < -0.39 is 0 Å². The molecule has 1 saturated carbocycles. The first-order valence-electron chi connectivity index (χ1n) is 7.32. The van der Waals surface area contributed by atoms with Gasteiger partial charge in [-0.25, -0.2) is 4.98 Å². The first kappa shape index (κ1) is 14.3. The number of hydrogen-bond acceptors (Lipinski definition) is 3. The van der Waals surface area contributed by atoms with Gasteiger partial charge in [-0.3, -0.25) is 14.5 Å². The largest absolute Gasteiger partial charge is 0.343 e. The molecule has 1 heterocycles. The molecule has 3 rings (SSSR count). The van der Waals surface area contributed by atoms with Crippen molar-refractivity contribution >= 4 is 17.6 Å². The highest BCUT2D eigenvalue weighted by Gasteiger charge is 2.34. The Kier molecular flexibility index (Phi) is 4.14. The maximum absolute atomic E-state index is 12.4. The third-order valence-electron chi connectivity index (χ3n) is 3.51. The molecule has 2 amide bonds. The van der Waals surface area contributed by atoms with Crippen molar-refractivity contribution in [2.75, 3.05) is 11.4 Å². The fourth-order valence-corrected chi connectivity index (χ4v) is 2.28. The van der Waals surface area contributed by atoms with E-state index in [2.05, 4.69) is 10.3 Å². The topological polar surface area (TPSA) is 62.3 Å². The number of nitrogens with one attached hydrogen (secondary N) is 1. The van der Waals surface area contributed by atoms with E-state index in [1.54, 1.807) is 35.4 Å². The van der Waals surface area contributed by atoms with Crippen molar-refractivity contribution in [3.8, 4) is 0 Å². The Morgan fingerprint density at radius 3 is 2.45 bits per heavy atom. The number of benzene rings is 1. The normalized spacial score (nSPS) is 13.5. The number of aromatic nitrogens is 1. The summed E-state index contributed by atoms with van der Waals surface area (Å²) in [7, 11) is 0. The molecule has 1 aliphatic carbocycles. The van der Waals surface area contributed by atoms with Crippen molar-refractivity contribution in [1.82, 2.24) is 10.3 Å². The summed E-state index contributed by atoms with van der Waals surface area (Å²) in [5.41, 5.74) is 0.547. The molecule has 5 heteroatoms. The zero-order valence-electron chi connectivity index (χ0n) is 12.1. The van der Waals surface area contributed by atoms with Crippen molar-refractivity contribution in [2.45, 2.75) is 18.9 Å². The SMILES string of the molecule is O=C(NCC(=O)N(c1ccccn1)C1CC1)c1ccccc1. The standard InChI is InChI=1S/C17H17N3O2/c21-16(12-19-17(22)13-6-2-1-3-7-13)20(14-9-10-14)15-8-4-5-11-18-15/h1-8,11,14H,9-10,12H2,(H,19,22). The minimum Gasteiger partial charge on any atom is -0.343 e. The van der Waals surface area contributed by atoms with Gasteiger partial charge in [-0.1, -0.05) is 24.3 Å². The Bertz CT molecular complexity index is 654. The molecule has 5 nitrogen and oxygen atoms in total. The van der Waals surface area contributed by atoms with Crippen LogP contribution >= 0.6 is 0 Å². The van der Waals surface area contributed by atoms with Crippen LogP contribution in [0.2, 0.25) is 0 Å². The number of hydrogen-bond donors (Lipinski definition) is 1. The highest BCUT2D eigenvalue weighted by Crippen LogP contribution is 2.30. The van der Waals surface area contributed by atoms with E-state index in [0.717, 1.165) is 12.8 Å². The van der Waals surface area contributed by atoms with Gasteiger partial charge < -0.3 is 5.32 Å². The fraction of sp³-hybridized carbons (Fsp3) is 0.235. The number of carbonyl (C=O) groups excluding carboxylic acids is 2. The van der Waals surface area contributed by atoms with Crippen LogP contribution in [0.4, 0.5) is 5.82 Å². The summed E-state index contributed by atoms with van der Waals surface area (Å²) in [4.78, 5) is 30.4. The maximum Gasteiger partial charge on any atom is 0.251 e. The number of nitrogens with zero attached hydrogens (tertiary/aromatic N) is 2. The average Bonchev–Trinajstić information content (AvgIpc) is 3.39. The number of pyridine rings is 1. The van der Waals surface area contributed by atoms with Gasteiger partial charge in [0, 0.05) is 17.8 Å². The lowest BCUT2D eigenvalue weighted by molar-refractivity contribution is -0.117. The molecule has 1 aliphatic rings. The van der Waals surface area contributed by atoms with Crippen LogP contribution in [0.15, 0.2) is 54.7 Å². The van der Waals surface area contributed by atoms with Gasteiger partial charge in [0.25, 0.3) is 5.91 Å². The molecular formula is C17H17N3O2. The molecule has 0 bridgehead atoms. The zero-order chi connectivity index (χ0) is 15.4. The van der Waals surface area contributed by atoms with E-state index in [1.165, 1.54) is 0 Å². The van der Waals surface area contributed by atoms with Crippen LogP contribution in [0.1, 0.15) is 23.2 Å². The molecule has 0 radical (unpaired) electrons. The predicted octanol–water partition coefficient (Wildman–Crippen LogP) is 2.01. The molecule has 112 valence electrons. The summed E-state index contributed by atoms with van der Waals surface area (Å²) in [5.74, 6) is 0.264. The lowest BCUT2D eigenvalue weighted by Gasteiger charge is -2.21. The number of rotatable bonds is 5.